The molecule has 0 saturated carbocycles. The minimum atomic E-state index is -2.96. The molecule has 4 rings (SSSR count). The topological polar surface area (TPSA) is 94.0 Å². The predicted octanol–water partition coefficient (Wildman–Crippen LogP) is 2.03. The molecule has 134 valence electrons. The lowest BCUT2D eigenvalue weighted by atomic mass is 9.98. The molecule has 9 heteroatoms. The third kappa shape index (κ3) is 3.62. The van der Waals surface area contributed by atoms with E-state index in [0.29, 0.717) is 12.4 Å². The van der Waals surface area contributed by atoms with Crippen molar-refractivity contribution in [3.8, 4) is 0 Å². The van der Waals surface area contributed by atoms with Crippen molar-refractivity contribution < 1.29 is 13.2 Å². The first-order valence-electron chi connectivity index (χ1n) is 8.48. The second-order valence-corrected chi connectivity index (χ2v) is 9.96. The molecule has 0 aromatic carbocycles. The number of rotatable bonds is 4. The monoisotopic (exact) mass is 380 g/mol. The Morgan fingerprint density at radius 1 is 1.40 bits per heavy atom. The molecule has 2 unspecified atom stereocenters. The van der Waals surface area contributed by atoms with E-state index in [1.54, 1.807) is 11.3 Å². The molecule has 4 heterocycles. The van der Waals surface area contributed by atoms with Gasteiger partial charge in [0, 0.05) is 17.8 Å². The molecule has 0 bridgehead atoms. The average molecular weight is 380 g/mol. The van der Waals surface area contributed by atoms with Gasteiger partial charge in [0.05, 0.1) is 17.4 Å². The van der Waals surface area contributed by atoms with Crippen LogP contribution in [0, 0.1) is 5.92 Å². The molecule has 1 saturated heterocycles. The van der Waals surface area contributed by atoms with Gasteiger partial charge in [-0.1, -0.05) is 6.07 Å². The van der Waals surface area contributed by atoms with Gasteiger partial charge in [-0.2, -0.15) is 4.98 Å². The Morgan fingerprint density at radius 2 is 2.28 bits per heavy atom. The molecular formula is C16H20N4O3S2. The minimum Gasteiger partial charge on any atom is -0.293 e. The number of carbonyl (C=O) groups excluding carboxylic acids is 1. The number of aromatic nitrogens is 3. The molecule has 1 N–H and O–H groups in total. The van der Waals surface area contributed by atoms with E-state index in [-0.39, 0.29) is 35.7 Å². The highest BCUT2D eigenvalue weighted by molar-refractivity contribution is 7.91. The van der Waals surface area contributed by atoms with Crippen molar-refractivity contribution >= 4 is 33.0 Å². The Labute approximate surface area is 150 Å². The first-order valence-corrected chi connectivity index (χ1v) is 11.2. The van der Waals surface area contributed by atoms with Crippen molar-refractivity contribution in [1.82, 2.24) is 14.8 Å². The standard InChI is InChI=1S/C16H20N4O3S2/c21-14(9-11-5-8-25(22,23)10-11)17-16-18-15-12(13-4-2-7-24-13)3-1-6-20(15)19-16/h2,4,7,11-12H,1,3,5-6,8-10H2,(H,17,19,21). The predicted molar refractivity (Wildman–Crippen MR) is 95.4 cm³/mol. The van der Waals surface area contributed by atoms with Crippen LogP contribution in [0.15, 0.2) is 17.5 Å². The lowest BCUT2D eigenvalue weighted by molar-refractivity contribution is -0.116. The van der Waals surface area contributed by atoms with Crippen LogP contribution in [0.25, 0.3) is 0 Å². The maximum Gasteiger partial charge on any atom is 0.249 e. The van der Waals surface area contributed by atoms with Crippen LogP contribution in [0.4, 0.5) is 5.95 Å². The molecule has 1 fully saturated rings. The summed E-state index contributed by atoms with van der Waals surface area (Å²) in [5.41, 5.74) is 0. The number of thiophene rings is 1. The number of hydrogen-bond acceptors (Lipinski definition) is 6. The number of amides is 1. The SMILES string of the molecule is O=C(CC1CCS(=O)(=O)C1)Nc1nc2n(n1)CCCC2c1cccs1. The quantitative estimate of drug-likeness (QED) is 0.876. The summed E-state index contributed by atoms with van der Waals surface area (Å²) in [6.45, 7) is 0.806. The molecule has 7 nitrogen and oxygen atoms in total. The van der Waals surface area contributed by atoms with Gasteiger partial charge in [-0.25, -0.2) is 13.1 Å². The number of fused-ring (bicyclic) bond motifs is 1. The molecule has 0 aliphatic carbocycles. The van der Waals surface area contributed by atoms with Crippen LogP contribution in [0.5, 0.6) is 0 Å². The smallest absolute Gasteiger partial charge is 0.249 e. The van der Waals surface area contributed by atoms with E-state index in [2.05, 4.69) is 26.8 Å². The number of anilines is 1. The fourth-order valence-electron chi connectivity index (χ4n) is 3.63. The van der Waals surface area contributed by atoms with Gasteiger partial charge in [0.15, 0.2) is 9.84 Å². The second kappa shape index (κ2) is 6.53. The largest absolute Gasteiger partial charge is 0.293 e. The molecular weight excluding hydrogens is 360 g/mol. The fraction of sp³-hybridized carbons (Fsp3) is 0.562. The molecule has 2 aromatic heterocycles. The molecule has 2 aliphatic rings. The highest BCUT2D eigenvalue weighted by Gasteiger charge is 2.30. The van der Waals surface area contributed by atoms with Crippen LogP contribution in [0.2, 0.25) is 0 Å². The number of hydrogen-bond donors (Lipinski definition) is 1. The van der Waals surface area contributed by atoms with Crippen molar-refractivity contribution in [3.63, 3.8) is 0 Å². The Balaban J connectivity index is 1.45. The van der Waals surface area contributed by atoms with Crippen molar-refractivity contribution in [2.45, 2.75) is 38.1 Å². The van der Waals surface area contributed by atoms with E-state index in [4.69, 9.17) is 0 Å². The highest BCUT2D eigenvalue weighted by Crippen LogP contribution is 2.35. The summed E-state index contributed by atoms with van der Waals surface area (Å²) in [6, 6.07) is 4.14. The van der Waals surface area contributed by atoms with Crippen molar-refractivity contribution in [2.75, 3.05) is 16.8 Å². The normalized spacial score (nSPS) is 24.8. The number of nitrogens with zero attached hydrogens (tertiary/aromatic N) is 3. The Hall–Kier alpha value is -1.74. The van der Waals surface area contributed by atoms with Gasteiger partial charge in [0.1, 0.15) is 5.82 Å². The zero-order valence-electron chi connectivity index (χ0n) is 13.7. The zero-order chi connectivity index (χ0) is 17.4. The van der Waals surface area contributed by atoms with E-state index >= 15 is 0 Å². The average Bonchev–Trinajstić information content (AvgIpc) is 3.26. The molecule has 2 aliphatic heterocycles. The van der Waals surface area contributed by atoms with Crippen LogP contribution in [-0.2, 0) is 21.2 Å². The van der Waals surface area contributed by atoms with Crippen molar-refractivity contribution in [2.24, 2.45) is 5.92 Å². The van der Waals surface area contributed by atoms with Gasteiger partial charge >= 0.3 is 0 Å². The zero-order valence-corrected chi connectivity index (χ0v) is 15.4. The van der Waals surface area contributed by atoms with Crippen LogP contribution in [0.3, 0.4) is 0 Å². The van der Waals surface area contributed by atoms with Gasteiger partial charge in [0.25, 0.3) is 0 Å². The van der Waals surface area contributed by atoms with Crippen LogP contribution < -0.4 is 5.32 Å². The van der Waals surface area contributed by atoms with E-state index in [0.717, 1.165) is 25.2 Å². The summed E-state index contributed by atoms with van der Waals surface area (Å²) in [4.78, 5) is 18.0. The minimum absolute atomic E-state index is 0.0962. The van der Waals surface area contributed by atoms with Gasteiger partial charge in [0.2, 0.25) is 11.9 Å². The first kappa shape index (κ1) is 16.7. The van der Waals surface area contributed by atoms with Gasteiger partial charge in [-0.3, -0.25) is 10.1 Å². The molecule has 0 spiro atoms. The van der Waals surface area contributed by atoms with Crippen molar-refractivity contribution in [3.05, 3.63) is 28.2 Å². The van der Waals surface area contributed by atoms with Crippen molar-refractivity contribution in [1.29, 1.82) is 0 Å². The lowest BCUT2D eigenvalue weighted by Gasteiger charge is -2.20. The van der Waals surface area contributed by atoms with E-state index in [9.17, 15) is 13.2 Å². The summed E-state index contributed by atoms with van der Waals surface area (Å²) in [7, 11) is -2.96. The summed E-state index contributed by atoms with van der Waals surface area (Å²) >= 11 is 1.71. The fourth-order valence-corrected chi connectivity index (χ4v) is 6.35. The lowest BCUT2D eigenvalue weighted by Crippen LogP contribution is -2.18. The highest BCUT2D eigenvalue weighted by atomic mass is 32.2. The van der Waals surface area contributed by atoms with Gasteiger partial charge < -0.3 is 0 Å². The molecule has 0 radical (unpaired) electrons. The number of nitrogens with one attached hydrogen (secondary N) is 1. The van der Waals surface area contributed by atoms with Crippen LogP contribution >= 0.6 is 11.3 Å². The maximum atomic E-state index is 12.2. The number of carbonyl (C=O) groups is 1. The summed E-state index contributed by atoms with van der Waals surface area (Å²) < 4.78 is 24.9. The number of aryl methyl sites for hydroxylation is 1. The van der Waals surface area contributed by atoms with Gasteiger partial charge in [-0.05, 0) is 36.6 Å². The van der Waals surface area contributed by atoms with E-state index in [1.165, 1.54) is 4.88 Å². The summed E-state index contributed by atoms with van der Waals surface area (Å²) in [6.07, 6.45) is 2.83. The van der Waals surface area contributed by atoms with E-state index < -0.39 is 9.84 Å². The third-order valence-corrected chi connectivity index (χ3v) is 7.64. The van der Waals surface area contributed by atoms with Crippen LogP contribution in [-0.4, -0.2) is 40.6 Å². The molecule has 2 atom stereocenters. The first-order chi connectivity index (χ1) is 12.0. The molecule has 2 aromatic rings. The van der Waals surface area contributed by atoms with Crippen LogP contribution in [0.1, 0.15) is 42.3 Å². The molecule has 25 heavy (non-hydrogen) atoms. The maximum absolute atomic E-state index is 12.2. The van der Waals surface area contributed by atoms with E-state index in [1.807, 2.05) is 10.7 Å². The second-order valence-electron chi connectivity index (χ2n) is 6.75. The molecule has 1 amide bonds. The third-order valence-electron chi connectivity index (χ3n) is 4.81. The number of sulfone groups is 1. The van der Waals surface area contributed by atoms with Gasteiger partial charge in [-0.15, -0.1) is 16.4 Å². The summed E-state index contributed by atoms with van der Waals surface area (Å²) in [5, 5.41) is 9.22. The summed E-state index contributed by atoms with van der Waals surface area (Å²) in [5.74, 6) is 1.43. The Morgan fingerprint density at radius 3 is 3.00 bits per heavy atom. The Kier molecular flexibility index (Phi) is 4.36. The Bertz CT molecular complexity index is 873.